The number of rotatable bonds is 4. The van der Waals surface area contributed by atoms with Crippen LogP contribution in [-0.2, 0) is 0 Å². The molecule has 8 nitrogen and oxygen atoms in total. The van der Waals surface area contributed by atoms with E-state index in [1.807, 2.05) is 6.07 Å². The number of furan rings is 1. The van der Waals surface area contributed by atoms with E-state index in [9.17, 15) is 14.3 Å². The van der Waals surface area contributed by atoms with Gasteiger partial charge in [0.1, 0.15) is 12.1 Å². The normalized spacial score (nSPS) is 16.2. The number of halogens is 1. The lowest BCUT2D eigenvalue weighted by Gasteiger charge is -2.38. The third kappa shape index (κ3) is 3.23. The highest BCUT2D eigenvalue weighted by molar-refractivity contribution is 7.17. The second kappa shape index (κ2) is 7.54. The monoisotopic (exact) mass is 427 g/mol. The average molecular weight is 427 g/mol. The van der Waals surface area contributed by atoms with Crippen LogP contribution in [0, 0.1) is 5.82 Å². The van der Waals surface area contributed by atoms with Crippen molar-refractivity contribution in [3.8, 4) is 5.88 Å². The molecular formula is C20H18FN5O3S. The van der Waals surface area contributed by atoms with Gasteiger partial charge in [0.2, 0.25) is 10.8 Å². The number of benzene rings is 1. The molecule has 1 aliphatic heterocycles. The second-order valence-corrected chi connectivity index (χ2v) is 8.02. The van der Waals surface area contributed by atoms with Gasteiger partial charge in [0.25, 0.3) is 5.91 Å². The van der Waals surface area contributed by atoms with Crippen LogP contribution in [0.4, 0.5) is 4.39 Å². The van der Waals surface area contributed by atoms with E-state index >= 15 is 0 Å². The van der Waals surface area contributed by atoms with Crippen molar-refractivity contribution in [3.63, 3.8) is 0 Å². The van der Waals surface area contributed by atoms with E-state index < -0.39 is 0 Å². The summed E-state index contributed by atoms with van der Waals surface area (Å²) in [7, 11) is 0. The van der Waals surface area contributed by atoms with Crippen LogP contribution in [0.3, 0.4) is 0 Å². The molecule has 1 saturated heterocycles. The van der Waals surface area contributed by atoms with Gasteiger partial charge in [0.15, 0.2) is 5.76 Å². The van der Waals surface area contributed by atoms with Crippen molar-refractivity contribution < 1.29 is 18.7 Å². The van der Waals surface area contributed by atoms with Gasteiger partial charge in [-0.05, 0) is 29.8 Å². The number of amides is 1. The number of aromatic nitrogens is 3. The van der Waals surface area contributed by atoms with Gasteiger partial charge in [0.05, 0.1) is 17.2 Å². The predicted octanol–water partition coefficient (Wildman–Crippen LogP) is 2.78. The zero-order valence-electron chi connectivity index (χ0n) is 15.8. The molecule has 4 aromatic rings. The Morgan fingerprint density at radius 1 is 1.20 bits per heavy atom. The Labute approximate surface area is 174 Å². The molecule has 0 spiro atoms. The zero-order valence-corrected chi connectivity index (χ0v) is 16.6. The summed E-state index contributed by atoms with van der Waals surface area (Å²) in [6.45, 7) is 2.10. The van der Waals surface area contributed by atoms with Crippen molar-refractivity contribution in [3.05, 3.63) is 71.0 Å². The molecule has 1 fully saturated rings. The van der Waals surface area contributed by atoms with Crippen molar-refractivity contribution in [1.82, 2.24) is 24.4 Å². The highest BCUT2D eigenvalue weighted by Gasteiger charge is 2.33. The Hall–Kier alpha value is -3.24. The maximum atomic E-state index is 14.0. The Morgan fingerprint density at radius 3 is 2.73 bits per heavy atom. The van der Waals surface area contributed by atoms with E-state index in [1.165, 1.54) is 40.6 Å². The van der Waals surface area contributed by atoms with Crippen LogP contribution in [0.2, 0.25) is 0 Å². The predicted molar refractivity (Wildman–Crippen MR) is 107 cm³/mol. The molecule has 4 heterocycles. The summed E-state index contributed by atoms with van der Waals surface area (Å²) in [6, 6.07) is 9.31. The van der Waals surface area contributed by atoms with Gasteiger partial charge in [-0.2, -0.15) is 9.61 Å². The third-order valence-corrected chi connectivity index (χ3v) is 6.34. The molecule has 0 aliphatic carbocycles. The summed E-state index contributed by atoms with van der Waals surface area (Å²) in [5.74, 6) is -0.184. The first kappa shape index (κ1) is 18.8. The largest absolute Gasteiger partial charge is 0.492 e. The standard InChI is InChI=1S/C20H18FN5O3S/c21-14-4-1-3-13(11-14)16(17-19(28)26-20(30-17)22-12-23-26)24-6-8-25(9-7-24)18(27)15-5-2-10-29-15/h1-5,10-12,16,28H,6-9H2/t16-/m0/s1. The lowest BCUT2D eigenvalue weighted by Crippen LogP contribution is -2.49. The van der Waals surface area contributed by atoms with E-state index in [0.29, 0.717) is 41.8 Å². The summed E-state index contributed by atoms with van der Waals surface area (Å²) in [5.41, 5.74) is 0.723. The van der Waals surface area contributed by atoms with E-state index in [4.69, 9.17) is 4.42 Å². The average Bonchev–Trinajstić information content (AvgIpc) is 3.49. The SMILES string of the molecule is O=C(c1ccco1)N1CCN([C@@H](c2cccc(F)c2)c2sc3ncnn3c2O)CC1. The molecule has 1 aromatic carbocycles. The van der Waals surface area contributed by atoms with Crippen LogP contribution >= 0.6 is 11.3 Å². The maximum Gasteiger partial charge on any atom is 0.289 e. The fourth-order valence-corrected chi connectivity index (χ4v) is 4.91. The van der Waals surface area contributed by atoms with Crippen LogP contribution in [0.5, 0.6) is 5.88 Å². The van der Waals surface area contributed by atoms with Gasteiger partial charge < -0.3 is 14.4 Å². The minimum atomic E-state index is -0.380. The molecule has 0 saturated carbocycles. The molecule has 0 radical (unpaired) electrons. The minimum absolute atomic E-state index is 0.00384. The first-order valence-corrected chi connectivity index (χ1v) is 10.3. The molecule has 10 heteroatoms. The van der Waals surface area contributed by atoms with Crippen molar-refractivity contribution >= 4 is 22.2 Å². The number of carbonyl (C=O) groups excluding carboxylic acids is 1. The smallest absolute Gasteiger partial charge is 0.289 e. The second-order valence-electron chi connectivity index (χ2n) is 7.01. The number of fused-ring (bicyclic) bond motifs is 1. The van der Waals surface area contributed by atoms with Crippen molar-refractivity contribution in [2.24, 2.45) is 0 Å². The molecule has 5 rings (SSSR count). The molecular weight excluding hydrogens is 409 g/mol. The highest BCUT2D eigenvalue weighted by atomic mass is 32.1. The molecule has 0 bridgehead atoms. The zero-order chi connectivity index (χ0) is 20.7. The van der Waals surface area contributed by atoms with Crippen LogP contribution in [0.25, 0.3) is 4.96 Å². The Kier molecular flexibility index (Phi) is 4.72. The summed E-state index contributed by atoms with van der Waals surface area (Å²) >= 11 is 1.32. The van der Waals surface area contributed by atoms with Gasteiger partial charge in [-0.15, -0.1) is 0 Å². The van der Waals surface area contributed by atoms with E-state index in [0.717, 1.165) is 5.56 Å². The maximum absolute atomic E-state index is 14.0. The van der Waals surface area contributed by atoms with Crippen LogP contribution in [-0.4, -0.2) is 61.6 Å². The number of nitrogens with zero attached hydrogens (tertiary/aromatic N) is 5. The number of thiazole rings is 1. The molecule has 30 heavy (non-hydrogen) atoms. The van der Waals surface area contributed by atoms with Gasteiger partial charge in [-0.1, -0.05) is 23.5 Å². The van der Waals surface area contributed by atoms with Crippen molar-refractivity contribution in [2.75, 3.05) is 26.2 Å². The van der Waals surface area contributed by atoms with E-state index in [-0.39, 0.29) is 23.6 Å². The molecule has 3 aromatic heterocycles. The number of hydrogen-bond donors (Lipinski definition) is 1. The van der Waals surface area contributed by atoms with Crippen LogP contribution in [0.1, 0.15) is 27.0 Å². The number of aromatic hydroxyl groups is 1. The lowest BCUT2D eigenvalue weighted by atomic mass is 10.0. The molecule has 1 aliphatic rings. The Morgan fingerprint density at radius 2 is 2.03 bits per heavy atom. The van der Waals surface area contributed by atoms with Gasteiger partial charge >= 0.3 is 0 Å². The summed E-state index contributed by atoms with van der Waals surface area (Å²) in [6.07, 6.45) is 2.86. The topological polar surface area (TPSA) is 87.1 Å². The molecule has 1 amide bonds. The Balaban J connectivity index is 1.45. The number of hydrogen-bond acceptors (Lipinski definition) is 7. The summed E-state index contributed by atoms with van der Waals surface area (Å²) in [4.78, 5) is 21.8. The first-order valence-electron chi connectivity index (χ1n) is 9.45. The molecule has 1 N–H and O–H groups in total. The minimum Gasteiger partial charge on any atom is -0.492 e. The van der Waals surface area contributed by atoms with Gasteiger partial charge in [-0.25, -0.2) is 9.37 Å². The van der Waals surface area contributed by atoms with Crippen LogP contribution < -0.4 is 0 Å². The number of carbonyl (C=O) groups is 1. The van der Waals surface area contributed by atoms with Gasteiger partial charge in [-0.3, -0.25) is 9.69 Å². The first-order chi connectivity index (χ1) is 14.6. The van der Waals surface area contributed by atoms with Gasteiger partial charge in [0, 0.05) is 26.2 Å². The molecule has 154 valence electrons. The van der Waals surface area contributed by atoms with Crippen LogP contribution in [0.15, 0.2) is 53.4 Å². The van der Waals surface area contributed by atoms with Crippen molar-refractivity contribution in [2.45, 2.75) is 6.04 Å². The number of piperazine rings is 1. The van der Waals surface area contributed by atoms with E-state index in [2.05, 4.69) is 15.0 Å². The van der Waals surface area contributed by atoms with Crippen molar-refractivity contribution in [1.29, 1.82) is 0 Å². The fraction of sp³-hybridized carbons (Fsp3) is 0.250. The Bertz CT molecular complexity index is 1180. The molecule has 0 unspecified atom stereocenters. The third-order valence-electron chi connectivity index (χ3n) is 5.25. The quantitative estimate of drug-likeness (QED) is 0.539. The lowest BCUT2D eigenvalue weighted by molar-refractivity contribution is 0.0567. The summed E-state index contributed by atoms with van der Waals surface area (Å²) in [5, 5.41) is 14.8. The van der Waals surface area contributed by atoms with E-state index in [1.54, 1.807) is 23.1 Å². The summed E-state index contributed by atoms with van der Waals surface area (Å²) < 4.78 is 20.6. The highest BCUT2D eigenvalue weighted by Crippen LogP contribution is 2.40. The molecule has 1 atom stereocenters. The fourth-order valence-electron chi connectivity index (χ4n) is 3.82.